The lowest BCUT2D eigenvalue weighted by Crippen LogP contribution is -2.53. The smallest absolute Gasteiger partial charge is 0.248 e. The monoisotopic (exact) mass is 601 g/mol. The number of nitrogens with two attached hydrogens (primary N) is 1. The third kappa shape index (κ3) is 11.4. The molecule has 0 bridgehead atoms. The molecule has 1 fully saturated rings. The number of sulfonamides is 1. The minimum Gasteiger partial charge on any atom is -0.369 e. The largest absolute Gasteiger partial charge is 0.369 e. The molecule has 0 saturated heterocycles. The highest BCUT2D eigenvalue weighted by Gasteiger charge is 2.38. The number of guanidine groups is 1. The number of nitrogens with one attached hydrogen (secondary N) is 3. The summed E-state index contributed by atoms with van der Waals surface area (Å²) in [6.07, 6.45) is 7.79. The molecule has 1 heterocycles. The minimum absolute atomic E-state index is 0.110. The van der Waals surface area contributed by atoms with Crippen LogP contribution in [-0.2, 0) is 24.4 Å². The molecule has 3 amide bonds. The van der Waals surface area contributed by atoms with Gasteiger partial charge in [0.25, 0.3) is 0 Å². The van der Waals surface area contributed by atoms with E-state index in [-0.39, 0.29) is 30.8 Å². The fraction of sp³-hybridized carbons (Fsp3) is 0.720. The highest BCUT2D eigenvalue weighted by atomic mass is 32.2. The topological polar surface area (TPSA) is 196 Å². The third-order valence-electron chi connectivity index (χ3n) is 7.09. The summed E-state index contributed by atoms with van der Waals surface area (Å²) in [5, 5.41) is 18.6. The standard InChI is InChI=1S/C25H43N7O6S2/c1-16(2)21(32(36)15-33)19(14-18-9-7-17(3)8-10-18)22(34)29-20(23(35)30-25-28-12-13-39-25)6-5-11-27-24(26)31-40(4,37)38/h12-13,15-21,36H,5-11,14H2,1-4H3,(H,29,34)(H3,26,27,31)(H,28,30,35)/t17?,18?,19-,20-,21-/m0/s1. The molecule has 0 unspecified atom stereocenters. The van der Waals surface area contributed by atoms with E-state index in [1.165, 1.54) is 11.3 Å². The van der Waals surface area contributed by atoms with Crippen molar-refractivity contribution >= 4 is 50.7 Å². The first-order valence-corrected chi connectivity index (χ1v) is 16.3. The highest BCUT2D eigenvalue weighted by molar-refractivity contribution is 7.89. The summed E-state index contributed by atoms with van der Waals surface area (Å²) < 4.78 is 24.7. The van der Waals surface area contributed by atoms with E-state index in [0.29, 0.717) is 35.4 Å². The maximum absolute atomic E-state index is 13.8. The number of hydrogen-bond acceptors (Lipinski definition) is 9. The first-order valence-electron chi connectivity index (χ1n) is 13.5. The van der Waals surface area contributed by atoms with Gasteiger partial charge in [0.05, 0.1) is 18.2 Å². The van der Waals surface area contributed by atoms with Crippen molar-refractivity contribution in [3.05, 3.63) is 11.6 Å². The summed E-state index contributed by atoms with van der Waals surface area (Å²) in [5.74, 6) is -1.26. The van der Waals surface area contributed by atoms with E-state index in [9.17, 15) is 28.0 Å². The lowest BCUT2D eigenvalue weighted by atomic mass is 9.75. The van der Waals surface area contributed by atoms with Crippen LogP contribution in [0.4, 0.5) is 5.13 Å². The van der Waals surface area contributed by atoms with Gasteiger partial charge in [-0.3, -0.25) is 29.3 Å². The zero-order chi connectivity index (χ0) is 29.9. The minimum atomic E-state index is -3.57. The van der Waals surface area contributed by atoms with Crippen molar-refractivity contribution in [2.45, 2.75) is 77.8 Å². The second kappa shape index (κ2) is 15.9. The Balaban J connectivity index is 2.22. The molecule has 1 aliphatic rings. The fourth-order valence-electron chi connectivity index (χ4n) is 5.09. The second-order valence-corrected chi connectivity index (χ2v) is 13.5. The van der Waals surface area contributed by atoms with E-state index in [1.807, 2.05) is 13.8 Å². The van der Waals surface area contributed by atoms with Crippen molar-refractivity contribution in [1.82, 2.24) is 20.1 Å². The molecule has 1 aliphatic carbocycles. The molecule has 40 heavy (non-hydrogen) atoms. The van der Waals surface area contributed by atoms with Crippen LogP contribution in [0.2, 0.25) is 0 Å². The zero-order valence-corrected chi connectivity index (χ0v) is 25.2. The molecule has 13 nitrogen and oxygen atoms in total. The number of amides is 3. The summed E-state index contributed by atoms with van der Waals surface area (Å²) in [6, 6.07) is -1.74. The average molecular weight is 602 g/mol. The molecule has 1 saturated carbocycles. The molecule has 1 aromatic heterocycles. The zero-order valence-electron chi connectivity index (χ0n) is 23.6. The van der Waals surface area contributed by atoms with E-state index < -0.39 is 39.8 Å². The van der Waals surface area contributed by atoms with Gasteiger partial charge < -0.3 is 16.4 Å². The lowest BCUT2D eigenvalue weighted by molar-refractivity contribution is -0.174. The van der Waals surface area contributed by atoms with Crippen LogP contribution in [0, 0.1) is 23.7 Å². The van der Waals surface area contributed by atoms with E-state index in [0.717, 1.165) is 31.9 Å². The summed E-state index contributed by atoms with van der Waals surface area (Å²) in [6.45, 7) is 5.99. The summed E-state index contributed by atoms with van der Waals surface area (Å²) in [4.78, 5) is 46.5. The summed E-state index contributed by atoms with van der Waals surface area (Å²) in [5.41, 5.74) is 5.59. The van der Waals surface area contributed by atoms with Gasteiger partial charge in [0, 0.05) is 18.1 Å². The van der Waals surface area contributed by atoms with Gasteiger partial charge in [-0.15, -0.1) is 11.3 Å². The third-order valence-corrected chi connectivity index (χ3v) is 8.36. The Kier molecular flexibility index (Phi) is 13.3. The van der Waals surface area contributed by atoms with Gasteiger partial charge in [-0.05, 0) is 37.0 Å². The van der Waals surface area contributed by atoms with Gasteiger partial charge in [0.15, 0.2) is 5.13 Å². The highest BCUT2D eigenvalue weighted by Crippen LogP contribution is 2.35. The predicted octanol–water partition coefficient (Wildman–Crippen LogP) is 1.92. The SMILES string of the molecule is CC1CCC(C[C@H](C(=O)N[C@@H](CCCN=C(N)NS(C)(=O)=O)C(=O)Nc2nccs2)[C@H](C(C)C)N(O)C=O)CC1. The van der Waals surface area contributed by atoms with Crippen LogP contribution in [0.3, 0.4) is 0 Å². The Morgan fingerprint density at radius 2 is 1.95 bits per heavy atom. The second-order valence-electron chi connectivity index (χ2n) is 10.9. The molecular weight excluding hydrogens is 558 g/mol. The van der Waals surface area contributed by atoms with Gasteiger partial charge in [-0.1, -0.05) is 46.5 Å². The van der Waals surface area contributed by atoms with Crippen molar-refractivity contribution in [2.75, 3.05) is 18.1 Å². The average Bonchev–Trinajstić information content (AvgIpc) is 3.38. The Hall–Kier alpha value is -2.78. The Morgan fingerprint density at radius 1 is 1.27 bits per heavy atom. The maximum Gasteiger partial charge on any atom is 0.248 e. The van der Waals surface area contributed by atoms with Crippen molar-refractivity contribution in [3.63, 3.8) is 0 Å². The first kappa shape index (κ1) is 33.4. The quantitative estimate of drug-likeness (QED) is 0.0502. The molecule has 3 atom stereocenters. The Bertz CT molecular complexity index is 1090. The molecule has 2 rings (SSSR count). The fourth-order valence-corrected chi connectivity index (χ4v) is 6.07. The van der Waals surface area contributed by atoms with Crippen LogP contribution < -0.4 is 21.1 Å². The van der Waals surface area contributed by atoms with Crippen LogP contribution in [0.1, 0.15) is 65.7 Å². The van der Waals surface area contributed by atoms with Crippen LogP contribution in [0.25, 0.3) is 0 Å². The molecule has 0 aliphatic heterocycles. The van der Waals surface area contributed by atoms with Crippen LogP contribution in [-0.4, -0.2) is 72.7 Å². The molecule has 0 radical (unpaired) electrons. The number of hydroxylamine groups is 2. The molecular formula is C25H43N7O6S2. The first-order chi connectivity index (χ1) is 18.8. The molecule has 15 heteroatoms. The van der Waals surface area contributed by atoms with Gasteiger partial charge in [-0.25, -0.2) is 18.5 Å². The molecule has 226 valence electrons. The van der Waals surface area contributed by atoms with Crippen LogP contribution >= 0.6 is 11.3 Å². The van der Waals surface area contributed by atoms with Gasteiger partial charge in [0.2, 0.25) is 34.2 Å². The van der Waals surface area contributed by atoms with Crippen molar-refractivity contribution < 1.29 is 28.0 Å². The van der Waals surface area contributed by atoms with E-state index in [4.69, 9.17) is 5.73 Å². The van der Waals surface area contributed by atoms with Crippen LogP contribution in [0.5, 0.6) is 0 Å². The number of carbonyl (C=O) groups is 3. The number of aliphatic imine (C=N–C) groups is 1. The number of aromatic nitrogens is 1. The number of anilines is 1. The lowest BCUT2D eigenvalue weighted by Gasteiger charge is -2.37. The van der Waals surface area contributed by atoms with E-state index in [2.05, 4.69) is 32.3 Å². The number of thiazole rings is 1. The normalized spacial score (nSPS) is 20.3. The van der Waals surface area contributed by atoms with Crippen molar-refractivity contribution in [1.29, 1.82) is 0 Å². The number of hydrogen-bond donors (Lipinski definition) is 5. The Labute approximate surface area is 240 Å². The summed E-state index contributed by atoms with van der Waals surface area (Å²) >= 11 is 1.23. The predicted molar refractivity (Wildman–Crippen MR) is 154 cm³/mol. The van der Waals surface area contributed by atoms with Crippen LogP contribution in [0.15, 0.2) is 16.6 Å². The molecule has 0 spiro atoms. The maximum atomic E-state index is 13.8. The molecule has 1 aromatic rings. The van der Waals surface area contributed by atoms with Gasteiger partial charge >= 0.3 is 0 Å². The molecule has 0 aromatic carbocycles. The number of carbonyl (C=O) groups excluding carboxylic acids is 3. The van der Waals surface area contributed by atoms with Crippen molar-refractivity contribution in [2.24, 2.45) is 34.4 Å². The van der Waals surface area contributed by atoms with E-state index in [1.54, 1.807) is 11.6 Å². The number of nitrogens with zero attached hydrogens (tertiary/aromatic N) is 3. The summed E-state index contributed by atoms with van der Waals surface area (Å²) in [7, 11) is -3.57. The van der Waals surface area contributed by atoms with E-state index >= 15 is 0 Å². The van der Waals surface area contributed by atoms with Crippen molar-refractivity contribution in [3.8, 4) is 0 Å². The van der Waals surface area contributed by atoms with Gasteiger partial charge in [-0.2, -0.15) is 0 Å². The Morgan fingerprint density at radius 3 is 2.50 bits per heavy atom. The number of rotatable bonds is 15. The van der Waals surface area contributed by atoms with Gasteiger partial charge in [0.1, 0.15) is 6.04 Å². The molecule has 6 N–H and O–H groups in total.